The second kappa shape index (κ2) is 4.14. The average Bonchev–Trinajstić information content (AvgIpc) is 2.30. The van der Waals surface area contributed by atoms with E-state index in [1.54, 1.807) is 0 Å². The molecule has 0 aliphatic heterocycles. The summed E-state index contributed by atoms with van der Waals surface area (Å²) in [6, 6.07) is 13.6. The molecule has 5 N–H and O–H groups in total. The Morgan fingerprint density at radius 1 is 0.938 bits per heavy atom. The normalized spacial score (nSPS) is 10.1. The molecule has 82 valence electrons. The molecule has 2 rings (SSSR count). The third-order valence-corrected chi connectivity index (χ3v) is 2.56. The predicted octanol–water partition coefficient (Wildman–Crippen LogP) is 2.56. The number of benzene rings is 2. The molecular weight excluding hydrogens is 198 g/mol. The largest absolute Gasteiger partial charge is 0.399 e. The molecule has 0 radical (unpaired) electrons. The third kappa shape index (κ3) is 1.80. The Kier molecular flexibility index (Phi) is 2.68. The summed E-state index contributed by atoms with van der Waals surface area (Å²) >= 11 is 0. The molecule has 0 aliphatic carbocycles. The van der Waals surface area contributed by atoms with Gasteiger partial charge in [0.15, 0.2) is 0 Å². The maximum atomic E-state index is 5.96. The fraction of sp³-hybridized carbons (Fsp3) is 0.0769. The maximum absolute atomic E-state index is 5.96. The molecule has 3 nitrogen and oxygen atoms in total. The van der Waals surface area contributed by atoms with Crippen LogP contribution in [0.5, 0.6) is 0 Å². The van der Waals surface area contributed by atoms with E-state index in [1.165, 1.54) is 0 Å². The maximum Gasteiger partial charge on any atom is 0.0438 e. The Hall–Kier alpha value is -2.16. The quantitative estimate of drug-likeness (QED) is 0.672. The summed E-state index contributed by atoms with van der Waals surface area (Å²) in [6.45, 7) is 0. The fourth-order valence-electron chi connectivity index (χ4n) is 1.75. The topological polar surface area (TPSA) is 64.1 Å². The SMILES string of the molecule is CNc1cc(N)ccc1-c1ccccc1N. The van der Waals surface area contributed by atoms with Crippen molar-refractivity contribution in [3.05, 3.63) is 42.5 Å². The van der Waals surface area contributed by atoms with E-state index in [4.69, 9.17) is 11.5 Å². The number of nitrogens with one attached hydrogen (secondary N) is 1. The van der Waals surface area contributed by atoms with Gasteiger partial charge in [-0.2, -0.15) is 0 Å². The van der Waals surface area contributed by atoms with Crippen LogP contribution in [-0.2, 0) is 0 Å². The van der Waals surface area contributed by atoms with Crippen molar-refractivity contribution < 1.29 is 0 Å². The predicted molar refractivity (Wildman–Crippen MR) is 70.2 cm³/mol. The van der Waals surface area contributed by atoms with Crippen LogP contribution >= 0.6 is 0 Å². The second-order valence-corrected chi connectivity index (χ2v) is 3.64. The third-order valence-electron chi connectivity index (χ3n) is 2.56. The summed E-state index contributed by atoms with van der Waals surface area (Å²) in [6.07, 6.45) is 0. The lowest BCUT2D eigenvalue weighted by atomic mass is 10.0. The first-order valence-corrected chi connectivity index (χ1v) is 5.14. The molecule has 0 saturated carbocycles. The van der Waals surface area contributed by atoms with E-state index in [9.17, 15) is 0 Å². The van der Waals surface area contributed by atoms with Crippen molar-refractivity contribution in [1.82, 2.24) is 0 Å². The van der Waals surface area contributed by atoms with E-state index in [0.29, 0.717) is 0 Å². The molecule has 0 fully saturated rings. The number of hydrogen-bond donors (Lipinski definition) is 3. The van der Waals surface area contributed by atoms with Crippen LogP contribution in [0.1, 0.15) is 0 Å². The molecule has 0 amide bonds. The van der Waals surface area contributed by atoms with Gasteiger partial charge in [-0.1, -0.05) is 24.3 Å². The molecule has 16 heavy (non-hydrogen) atoms. The number of rotatable bonds is 2. The van der Waals surface area contributed by atoms with Crippen LogP contribution < -0.4 is 16.8 Å². The van der Waals surface area contributed by atoms with Gasteiger partial charge in [-0.25, -0.2) is 0 Å². The average molecular weight is 213 g/mol. The van der Waals surface area contributed by atoms with Crippen LogP contribution in [0, 0.1) is 0 Å². The lowest BCUT2D eigenvalue weighted by Crippen LogP contribution is -1.96. The Labute approximate surface area is 95.1 Å². The van der Waals surface area contributed by atoms with E-state index in [2.05, 4.69) is 5.32 Å². The number of para-hydroxylation sites is 1. The molecule has 0 atom stereocenters. The van der Waals surface area contributed by atoms with Gasteiger partial charge in [-0.15, -0.1) is 0 Å². The van der Waals surface area contributed by atoms with Gasteiger partial charge >= 0.3 is 0 Å². The van der Waals surface area contributed by atoms with Gasteiger partial charge < -0.3 is 16.8 Å². The molecule has 0 spiro atoms. The highest BCUT2D eigenvalue weighted by Crippen LogP contribution is 2.32. The van der Waals surface area contributed by atoms with Crippen molar-refractivity contribution >= 4 is 17.1 Å². The number of hydrogen-bond acceptors (Lipinski definition) is 3. The number of nitrogen functional groups attached to an aromatic ring is 2. The summed E-state index contributed by atoms with van der Waals surface area (Å²) in [7, 11) is 1.87. The zero-order chi connectivity index (χ0) is 11.5. The van der Waals surface area contributed by atoms with Gasteiger partial charge in [0.05, 0.1) is 0 Å². The molecule has 3 heteroatoms. The molecule has 0 heterocycles. The van der Waals surface area contributed by atoms with Gasteiger partial charge in [0.25, 0.3) is 0 Å². The van der Waals surface area contributed by atoms with Gasteiger partial charge in [0.1, 0.15) is 0 Å². The molecule has 0 saturated heterocycles. The van der Waals surface area contributed by atoms with Crippen LogP contribution in [0.2, 0.25) is 0 Å². The fourth-order valence-corrected chi connectivity index (χ4v) is 1.75. The summed E-state index contributed by atoms with van der Waals surface area (Å²) in [4.78, 5) is 0. The van der Waals surface area contributed by atoms with Gasteiger partial charge in [-0.05, 0) is 18.2 Å². The molecule has 0 aromatic heterocycles. The van der Waals surface area contributed by atoms with Gasteiger partial charge in [-0.3, -0.25) is 0 Å². The zero-order valence-corrected chi connectivity index (χ0v) is 9.20. The summed E-state index contributed by atoms with van der Waals surface area (Å²) in [5.41, 5.74) is 16.3. The lowest BCUT2D eigenvalue weighted by molar-refractivity contribution is 1.50. The summed E-state index contributed by atoms with van der Waals surface area (Å²) in [5, 5.41) is 3.13. The zero-order valence-electron chi connectivity index (χ0n) is 9.20. The summed E-state index contributed by atoms with van der Waals surface area (Å²) in [5.74, 6) is 0. The summed E-state index contributed by atoms with van der Waals surface area (Å²) < 4.78 is 0. The van der Waals surface area contributed by atoms with Crippen molar-refractivity contribution in [2.24, 2.45) is 0 Å². The van der Waals surface area contributed by atoms with Crippen molar-refractivity contribution in [3.8, 4) is 11.1 Å². The standard InChI is InChI=1S/C13H15N3/c1-16-13-8-9(14)6-7-11(13)10-4-2-3-5-12(10)15/h2-8,16H,14-15H2,1H3. The molecule has 0 aliphatic rings. The van der Waals surface area contributed by atoms with Crippen LogP contribution in [0.4, 0.5) is 17.1 Å². The smallest absolute Gasteiger partial charge is 0.0438 e. The van der Waals surface area contributed by atoms with Crippen LogP contribution in [0.15, 0.2) is 42.5 Å². The van der Waals surface area contributed by atoms with E-state index in [0.717, 1.165) is 28.2 Å². The van der Waals surface area contributed by atoms with Crippen LogP contribution in [0.3, 0.4) is 0 Å². The van der Waals surface area contributed by atoms with Crippen molar-refractivity contribution in [2.75, 3.05) is 23.8 Å². The van der Waals surface area contributed by atoms with E-state index < -0.39 is 0 Å². The first kappa shape index (κ1) is 10.4. The molecule has 2 aromatic rings. The monoisotopic (exact) mass is 213 g/mol. The highest BCUT2D eigenvalue weighted by Gasteiger charge is 2.06. The van der Waals surface area contributed by atoms with Crippen LogP contribution in [-0.4, -0.2) is 7.05 Å². The first-order chi connectivity index (χ1) is 7.72. The van der Waals surface area contributed by atoms with E-state index in [-0.39, 0.29) is 0 Å². The van der Waals surface area contributed by atoms with Crippen molar-refractivity contribution in [2.45, 2.75) is 0 Å². The van der Waals surface area contributed by atoms with Gasteiger partial charge in [0.2, 0.25) is 0 Å². The number of nitrogens with two attached hydrogens (primary N) is 2. The highest BCUT2D eigenvalue weighted by atomic mass is 14.8. The first-order valence-electron chi connectivity index (χ1n) is 5.14. The Morgan fingerprint density at radius 2 is 1.69 bits per heavy atom. The minimum absolute atomic E-state index is 0.739. The van der Waals surface area contributed by atoms with E-state index >= 15 is 0 Å². The Morgan fingerprint density at radius 3 is 2.38 bits per heavy atom. The lowest BCUT2D eigenvalue weighted by Gasteiger charge is -2.12. The number of anilines is 3. The van der Waals surface area contributed by atoms with E-state index in [1.807, 2.05) is 49.5 Å². The van der Waals surface area contributed by atoms with Crippen molar-refractivity contribution in [1.29, 1.82) is 0 Å². The molecule has 2 aromatic carbocycles. The van der Waals surface area contributed by atoms with Gasteiger partial charge in [0, 0.05) is 35.2 Å². The molecule has 0 bridgehead atoms. The Balaban J connectivity index is 2.60. The van der Waals surface area contributed by atoms with Crippen LogP contribution in [0.25, 0.3) is 11.1 Å². The van der Waals surface area contributed by atoms with Crippen molar-refractivity contribution in [3.63, 3.8) is 0 Å². The molecule has 0 unspecified atom stereocenters. The highest BCUT2D eigenvalue weighted by molar-refractivity contribution is 5.86. The minimum Gasteiger partial charge on any atom is -0.399 e. The second-order valence-electron chi connectivity index (χ2n) is 3.64. The molecular formula is C13H15N3. The minimum atomic E-state index is 0.739. The Bertz CT molecular complexity index is 506.